The van der Waals surface area contributed by atoms with Crippen LogP contribution in [0.25, 0.3) is 0 Å². The Morgan fingerprint density at radius 3 is 2.96 bits per heavy atom. The van der Waals surface area contributed by atoms with Crippen molar-refractivity contribution in [2.45, 2.75) is 44.4 Å². The molecule has 1 amide bonds. The predicted octanol–water partition coefficient (Wildman–Crippen LogP) is 0.782. The number of rotatable bonds is 1. The van der Waals surface area contributed by atoms with E-state index >= 15 is 0 Å². The van der Waals surface area contributed by atoms with Crippen molar-refractivity contribution in [3.05, 3.63) is 24.3 Å². The predicted molar refractivity (Wildman–Crippen MR) is 84.7 cm³/mol. The molecule has 23 heavy (non-hydrogen) atoms. The Balaban J connectivity index is 1.66. The third kappa shape index (κ3) is 2.19. The van der Waals surface area contributed by atoms with E-state index in [2.05, 4.69) is 28.8 Å². The fraction of sp³-hybridized carbons (Fsp3) is 0.706. The number of amides is 1. The summed E-state index contributed by atoms with van der Waals surface area (Å²) in [4.78, 5) is 25.1. The molecule has 3 heterocycles. The van der Waals surface area contributed by atoms with Crippen LogP contribution in [0.5, 0.6) is 0 Å². The van der Waals surface area contributed by atoms with E-state index in [1.807, 2.05) is 4.90 Å². The fourth-order valence-corrected chi connectivity index (χ4v) is 5.17. The molecule has 4 rings (SSSR count). The number of aliphatic hydroxyl groups is 1. The third-order valence-electron chi connectivity index (χ3n) is 6.41. The number of likely N-dealkylation sites (tertiary alicyclic amines) is 2. The van der Waals surface area contributed by atoms with Crippen LogP contribution >= 0.6 is 0 Å². The lowest BCUT2D eigenvalue weighted by atomic mass is 9.64. The van der Waals surface area contributed by atoms with Gasteiger partial charge in [-0.05, 0) is 32.4 Å². The van der Waals surface area contributed by atoms with Crippen molar-refractivity contribution in [3.63, 3.8) is 0 Å². The van der Waals surface area contributed by atoms with Crippen LogP contribution in [0.1, 0.15) is 36.7 Å². The SMILES string of the molecule is CN1[C@@H]2CN(C(=O)c3ccncn3)C[C@@H]3CC[C@H]1[C@](C)(C2)[C@@H]3O. The average molecular weight is 316 g/mol. The van der Waals surface area contributed by atoms with Crippen LogP contribution in [0, 0.1) is 11.3 Å². The van der Waals surface area contributed by atoms with Crippen LogP contribution in [0.15, 0.2) is 18.6 Å². The molecular weight excluding hydrogens is 292 g/mol. The summed E-state index contributed by atoms with van der Waals surface area (Å²) in [7, 11) is 2.15. The summed E-state index contributed by atoms with van der Waals surface area (Å²) in [6.07, 6.45) is 5.72. The molecule has 1 N–H and O–H groups in total. The quantitative estimate of drug-likeness (QED) is 0.829. The van der Waals surface area contributed by atoms with Crippen LogP contribution in [0.3, 0.4) is 0 Å². The van der Waals surface area contributed by atoms with Gasteiger partial charge in [0.05, 0.1) is 6.10 Å². The first-order valence-corrected chi connectivity index (χ1v) is 8.46. The van der Waals surface area contributed by atoms with E-state index in [4.69, 9.17) is 0 Å². The number of nitrogens with zero attached hydrogens (tertiary/aromatic N) is 4. The highest BCUT2D eigenvalue weighted by Gasteiger charge is 2.57. The molecule has 1 saturated carbocycles. The maximum absolute atomic E-state index is 12.8. The van der Waals surface area contributed by atoms with E-state index in [1.165, 1.54) is 6.33 Å². The van der Waals surface area contributed by atoms with Crippen molar-refractivity contribution in [2.75, 3.05) is 20.1 Å². The number of hydrogen-bond acceptors (Lipinski definition) is 5. The number of carbonyl (C=O) groups is 1. The summed E-state index contributed by atoms with van der Waals surface area (Å²) in [5.41, 5.74) is 0.403. The van der Waals surface area contributed by atoms with E-state index in [1.54, 1.807) is 12.3 Å². The molecular formula is C17H24N4O2. The van der Waals surface area contributed by atoms with Gasteiger partial charge in [0.1, 0.15) is 12.0 Å². The highest BCUT2D eigenvalue weighted by molar-refractivity contribution is 5.92. The molecule has 1 aromatic rings. The van der Waals surface area contributed by atoms with Gasteiger partial charge in [-0.2, -0.15) is 0 Å². The van der Waals surface area contributed by atoms with Crippen molar-refractivity contribution < 1.29 is 9.90 Å². The Morgan fingerprint density at radius 1 is 1.39 bits per heavy atom. The second kappa shape index (κ2) is 5.24. The maximum atomic E-state index is 12.8. The standard InChI is InChI=1S/C17H24N4O2/c1-17-7-12-9-21(16(23)13-5-6-18-10-19-13)8-11(15(17)22)3-4-14(17)20(12)2/h5-6,10-12,14-15,22H,3-4,7-9H2,1-2H3/t11-,12-,14-,15+,17-/m0/s1. The summed E-state index contributed by atoms with van der Waals surface area (Å²) in [5.74, 6) is 0.112. The first kappa shape index (κ1) is 15.0. The van der Waals surface area contributed by atoms with E-state index in [9.17, 15) is 9.90 Å². The van der Waals surface area contributed by atoms with Gasteiger partial charge in [-0.25, -0.2) is 9.97 Å². The smallest absolute Gasteiger partial charge is 0.272 e. The Labute approximate surface area is 136 Å². The average Bonchev–Trinajstić information content (AvgIpc) is 2.85. The summed E-state index contributed by atoms with van der Waals surface area (Å²) in [6, 6.07) is 2.40. The molecule has 0 radical (unpaired) electrons. The lowest BCUT2D eigenvalue weighted by molar-refractivity contribution is -0.0661. The summed E-state index contributed by atoms with van der Waals surface area (Å²) in [6.45, 7) is 3.57. The molecule has 6 heteroatoms. The lowest BCUT2D eigenvalue weighted by Crippen LogP contribution is -2.53. The molecule has 1 aliphatic carbocycles. The maximum Gasteiger partial charge on any atom is 0.272 e. The molecule has 3 aliphatic rings. The zero-order valence-electron chi connectivity index (χ0n) is 13.7. The molecule has 6 nitrogen and oxygen atoms in total. The van der Waals surface area contributed by atoms with Crippen molar-refractivity contribution in [3.8, 4) is 0 Å². The second-order valence-corrected chi connectivity index (χ2v) is 7.63. The van der Waals surface area contributed by atoms with Gasteiger partial charge in [0, 0.05) is 42.7 Å². The lowest BCUT2D eigenvalue weighted by Gasteiger charge is -2.47. The fourth-order valence-electron chi connectivity index (χ4n) is 5.17. The van der Waals surface area contributed by atoms with Crippen molar-refractivity contribution in [1.29, 1.82) is 0 Å². The van der Waals surface area contributed by atoms with Gasteiger partial charge in [0.15, 0.2) is 0 Å². The number of aliphatic hydroxyl groups excluding tert-OH is 1. The van der Waals surface area contributed by atoms with Crippen LogP contribution in [-0.2, 0) is 0 Å². The topological polar surface area (TPSA) is 69.6 Å². The van der Waals surface area contributed by atoms with Crippen LogP contribution < -0.4 is 0 Å². The highest BCUT2D eigenvalue weighted by Crippen LogP contribution is 2.52. The van der Waals surface area contributed by atoms with Gasteiger partial charge in [0.25, 0.3) is 5.91 Å². The third-order valence-corrected chi connectivity index (χ3v) is 6.41. The molecule has 2 saturated heterocycles. The Kier molecular flexibility index (Phi) is 3.43. The molecule has 3 bridgehead atoms. The minimum absolute atomic E-state index is 0.0353. The van der Waals surface area contributed by atoms with Gasteiger partial charge >= 0.3 is 0 Å². The Hall–Kier alpha value is -1.53. The van der Waals surface area contributed by atoms with E-state index in [0.717, 1.165) is 19.3 Å². The van der Waals surface area contributed by atoms with Crippen molar-refractivity contribution in [2.24, 2.45) is 11.3 Å². The largest absolute Gasteiger partial charge is 0.392 e. The molecule has 2 aliphatic heterocycles. The van der Waals surface area contributed by atoms with Gasteiger partial charge in [-0.15, -0.1) is 0 Å². The molecule has 5 atom stereocenters. The van der Waals surface area contributed by atoms with Crippen LogP contribution in [0.4, 0.5) is 0 Å². The number of fused-ring (bicyclic) bond motifs is 2. The molecule has 0 unspecified atom stereocenters. The number of likely N-dealkylation sites (N-methyl/N-ethyl adjacent to an activating group) is 1. The van der Waals surface area contributed by atoms with Crippen LogP contribution in [0.2, 0.25) is 0 Å². The van der Waals surface area contributed by atoms with Gasteiger partial charge in [0.2, 0.25) is 0 Å². The summed E-state index contributed by atoms with van der Waals surface area (Å²) < 4.78 is 0. The Bertz CT molecular complexity index is 608. The zero-order valence-corrected chi connectivity index (χ0v) is 13.7. The van der Waals surface area contributed by atoms with Crippen molar-refractivity contribution >= 4 is 5.91 Å². The van der Waals surface area contributed by atoms with E-state index < -0.39 is 0 Å². The zero-order chi connectivity index (χ0) is 16.2. The minimum Gasteiger partial charge on any atom is -0.392 e. The summed E-state index contributed by atoms with van der Waals surface area (Å²) >= 11 is 0. The molecule has 0 aromatic carbocycles. The summed E-state index contributed by atoms with van der Waals surface area (Å²) in [5, 5.41) is 10.9. The number of aromatic nitrogens is 2. The van der Waals surface area contributed by atoms with Gasteiger partial charge < -0.3 is 10.0 Å². The van der Waals surface area contributed by atoms with E-state index in [-0.39, 0.29) is 23.3 Å². The van der Waals surface area contributed by atoms with Gasteiger partial charge in [-0.3, -0.25) is 9.69 Å². The monoisotopic (exact) mass is 316 g/mol. The van der Waals surface area contributed by atoms with Crippen molar-refractivity contribution in [1.82, 2.24) is 19.8 Å². The first-order valence-electron chi connectivity index (χ1n) is 8.46. The number of carbonyl (C=O) groups excluding carboxylic acids is 1. The molecule has 3 fully saturated rings. The minimum atomic E-state index is -0.338. The highest BCUT2D eigenvalue weighted by atomic mass is 16.3. The second-order valence-electron chi connectivity index (χ2n) is 7.63. The van der Waals surface area contributed by atoms with Crippen LogP contribution in [-0.4, -0.2) is 69.1 Å². The normalized spacial score (nSPS) is 40.0. The van der Waals surface area contributed by atoms with E-state index in [0.29, 0.717) is 30.9 Å². The number of hydrogen-bond donors (Lipinski definition) is 1. The van der Waals surface area contributed by atoms with Gasteiger partial charge in [-0.1, -0.05) is 6.92 Å². The molecule has 1 aromatic heterocycles. The molecule has 0 spiro atoms. The first-order chi connectivity index (χ1) is 11.0. The molecule has 124 valence electrons. The Morgan fingerprint density at radius 2 is 2.22 bits per heavy atom.